The molecule has 3 aromatic rings. The smallest absolute Gasteiger partial charge is 0.282 e. The minimum absolute atomic E-state index is 0.298. The van der Waals surface area contributed by atoms with Gasteiger partial charge in [-0.15, -0.1) is 0 Å². The number of carbonyl (C=O) groups excluding carboxylic acids is 2. The average Bonchev–Trinajstić information content (AvgIpc) is 3.10. The molecule has 0 radical (unpaired) electrons. The number of anilines is 3. The molecule has 2 aliphatic rings. The Kier molecular flexibility index (Phi) is 6.14. The molecule has 35 heavy (non-hydrogen) atoms. The minimum atomic E-state index is -0.349. The fourth-order valence-electron chi connectivity index (χ4n) is 4.53. The molecule has 2 aliphatic heterocycles. The van der Waals surface area contributed by atoms with Crippen LogP contribution in [-0.4, -0.2) is 49.9 Å². The largest absolute Gasteiger partial charge is 0.369 e. The van der Waals surface area contributed by atoms with Gasteiger partial charge in [-0.1, -0.05) is 47.5 Å². The highest BCUT2D eigenvalue weighted by atomic mass is 16.2. The Bertz CT molecular complexity index is 1270. The lowest BCUT2D eigenvalue weighted by Crippen LogP contribution is -2.44. The van der Waals surface area contributed by atoms with Gasteiger partial charge in [0.2, 0.25) is 0 Å². The second-order valence-electron chi connectivity index (χ2n) is 9.36. The van der Waals surface area contributed by atoms with E-state index in [1.807, 2.05) is 74.5 Å². The first kappa shape index (κ1) is 22.9. The van der Waals surface area contributed by atoms with Crippen LogP contribution in [-0.2, 0) is 9.59 Å². The summed E-state index contributed by atoms with van der Waals surface area (Å²) in [6, 6.07) is 23.2. The van der Waals surface area contributed by atoms with Crippen LogP contribution in [0.3, 0.4) is 0 Å². The predicted molar refractivity (Wildman–Crippen MR) is 142 cm³/mol. The molecule has 0 saturated carbocycles. The van der Waals surface area contributed by atoms with Crippen molar-refractivity contribution in [3.05, 3.63) is 95.2 Å². The van der Waals surface area contributed by atoms with E-state index in [4.69, 9.17) is 0 Å². The lowest BCUT2D eigenvalue weighted by Gasteiger charge is -2.34. The van der Waals surface area contributed by atoms with E-state index in [0.29, 0.717) is 17.0 Å². The molecule has 1 fully saturated rings. The SMILES string of the molecule is Cc1ccc(C2=C(Nc3ccc(N4CCN(C)CC4)cc3)C(=O)N(c3ccc(C)cc3)C2=O)cc1. The Hall–Kier alpha value is -3.90. The molecule has 5 rings (SSSR count). The second-order valence-corrected chi connectivity index (χ2v) is 9.36. The summed E-state index contributed by atoms with van der Waals surface area (Å²) in [6.07, 6.45) is 0. The van der Waals surface area contributed by atoms with E-state index in [1.54, 1.807) is 0 Å². The van der Waals surface area contributed by atoms with Crippen molar-refractivity contribution >= 4 is 34.4 Å². The highest BCUT2D eigenvalue weighted by Gasteiger charge is 2.40. The van der Waals surface area contributed by atoms with Gasteiger partial charge >= 0.3 is 0 Å². The number of hydrogen-bond donors (Lipinski definition) is 1. The monoisotopic (exact) mass is 466 g/mol. The van der Waals surface area contributed by atoms with Gasteiger partial charge in [-0.2, -0.15) is 0 Å². The zero-order valence-electron chi connectivity index (χ0n) is 20.4. The third-order valence-electron chi connectivity index (χ3n) is 6.72. The first-order chi connectivity index (χ1) is 16.9. The first-order valence-corrected chi connectivity index (χ1v) is 12.0. The molecular weight excluding hydrogens is 436 g/mol. The second kappa shape index (κ2) is 9.39. The third-order valence-corrected chi connectivity index (χ3v) is 6.72. The molecule has 0 unspecified atom stereocenters. The van der Waals surface area contributed by atoms with Gasteiger partial charge in [-0.3, -0.25) is 9.59 Å². The molecule has 0 atom stereocenters. The molecule has 0 bridgehead atoms. The Balaban J connectivity index is 1.47. The lowest BCUT2D eigenvalue weighted by atomic mass is 10.0. The summed E-state index contributed by atoms with van der Waals surface area (Å²) in [7, 11) is 2.14. The number of piperazine rings is 1. The van der Waals surface area contributed by atoms with E-state index in [2.05, 4.69) is 34.3 Å². The molecular formula is C29H30N4O2. The molecule has 6 heteroatoms. The van der Waals surface area contributed by atoms with E-state index in [9.17, 15) is 9.59 Å². The van der Waals surface area contributed by atoms with E-state index in [1.165, 1.54) is 4.90 Å². The van der Waals surface area contributed by atoms with Crippen LogP contribution < -0.4 is 15.1 Å². The molecule has 0 aromatic heterocycles. The Labute approximate surface area is 206 Å². The molecule has 3 aromatic carbocycles. The van der Waals surface area contributed by atoms with Crippen molar-refractivity contribution in [1.29, 1.82) is 0 Å². The summed E-state index contributed by atoms with van der Waals surface area (Å²) in [6.45, 7) is 8.04. The van der Waals surface area contributed by atoms with Gasteiger partial charge in [0.15, 0.2) is 0 Å². The number of rotatable bonds is 5. The summed E-state index contributed by atoms with van der Waals surface area (Å²) in [4.78, 5) is 33.1. The van der Waals surface area contributed by atoms with Crippen molar-refractivity contribution in [3.63, 3.8) is 0 Å². The Morgan fingerprint density at radius 3 is 1.80 bits per heavy atom. The normalized spacial score (nSPS) is 16.9. The number of benzene rings is 3. The van der Waals surface area contributed by atoms with Crippen LogP contribution >= 0.6 is 0 Å². The van der Waals surface area contributed by atoms with Crippen LogP contribution in [0.2, 0.25) is 0 Å². The summed E-state index contributed by atoms with van der Waals surface area (Å²) >= 11 is 0. The van der Waals surface area contributed by atoms with Crippen LogP contribution in [0.1, 0.15) is 16.7 Å². The van der Waals surface area contributed by atoms with Crippen LogP contribution in [0.5, 0.6) is 0 Å². The summed E-state index contributed by atoms with van der Waals surface area (Å²) in [5.74, 6) is -0.670. The highest BCUT2D eigenvalue weighted by Crippen LogP contribution is 2.34. The molecule has 6 nitrogen and oxygen atoms in total. The number of nitrogens with zero attached hydrogens (tertiary/aromatic N) is 3. The zero-order valence-corrected chi connectivity index (χ0v) is 20.4. The maximum atomic E-state index is 13.6. The van der Waals surface area contributed by atoms with Gasteiger partial charge in [0.25, 0.3) is 11.8 Å². The van der Waals surface area contributed by atoms with Crippen LogP contribution in [0.25, 0.3) is 5.57 Å². The van der Waals surface area contributed by atoms with Crippen molar-refractivity contribution in [2.45, 2.75) is 13.8 Å². The van der Waals surface area contributed by atoms with Crippen LogP contribution in [0.4, 0.5) is 17.1 Å². The number of likely N-dealkylation sites (N-methyl/N-ethyl adjacent to an activating group) is 1. The van der Waals surface area contributed by atoms with Crippen LogP contribution in [0, 0.1) is 13.8 Å². The van der Waals surface area contributed by atoms with Gasteiger partial charge in [0.05, 0.1) is 11.3 Å². The number of hydrogen-bond acceptors (Lipinski definition) is 5. The van der Waals surface area contributed by atoms with E-state index < -0.39 is 0 Å². The van der Waals surface area contributed by atoms with Gasteiger partial charge in [0.1, 0.15) is 5.70 Å². The summed E-state index contributed by atoms with van der Waals surface area (Å²) in [5.41, 5.74) is 6.07. The van der Waals surface area contributed by atoms with Crippen molar-refractivity contribution in [3.8, 4) is 0 Å². The molecule has 1 saturated heterocycles. The van der Waals surface area contributed by atoms with Crippen molar-refractivity contribution in [2.75, 3.05) is 48.3 Å². The number of nitrogens with one attached hydrogen (secondary N) is 1. The fraction of sp³-hybridized carbons (Fsp3) is 0.241. The number of aryl methyl sites for hydroxylation is 2. The number of imide groups is 1. The van der Waals surface area contributed by atoms with Crippen molar-refractivity contribution in [2.24, 2.45) is 0 Å². The predicted octanol–water partition coefficient (Wildman–Crippen LogP) is 4.45. The van der Waals surface area contributed by atoms with Gasteiger partial charge in [-0.25, -0.2) is 4.90 Å². The Morgan fingerprint density at radius 2 is 1.20 bits per heavy atom. The van der Waals surface area contributed by atoms with Gasteiger partial charge in [0, 0.05) is 37.6 Å². The molecule has 2 amide bonds. The van der Waals surface area contributed by atoms with Crippen molar-refractivity contribution in [1.82, 2.24) is 4.90 Å². The molecule has 1 N–H and O–H groups in total. The maximum absolute atomic E-state index is 13.6. The minimum Gasteiger partial charge on any atom is -0.369 e. The van der Waals surface area contributed by atoms with Gasteiger partial charge < -0.3 is 15.1 Å². The molecule has 0 aliphatic carbocycles. The zero-order chi connectivity index (χ0) is 24.5. The Morgan fingerprint density at radius 1 is 0.657 bits per heavy atom. The summed E-state index contributed by atoms with van der Waals surface area (Å²) < 4.78 is 0. The topological polar surface area (TPSA) is 55.9 Å². The van der Waals surface area contributed by atoms with Gasteiger partial charge in [-0.05, 0) is 62.9 Å². The fourth-order valence-corrected chi connectivity index (χ4v) is 4.53. The quantitative estimate of drug-likeness (QED) is 0.563. The maximum Gasteiger partial charge on any atom is 0.282 e. The average molecular weight is 467 g/mol. The van der Waals surface area contributed by atoms with E-state index in [0.717, 1.165) is 54.2 Å². The summed E-state index contributed by atoms with van der Waals surface area (Å²) in [5, 5.41) is 3.27. The van der Waals surface area contributed by atoms with E-state index in [-0.39, 0.29) is 11.8 Å². The lowest BCUT2D eigenvalue weighted by molar-refractivity contribution is -0.120. The first-order valence-electron chi connectivity index (χ1n) is 12.0. The number of amides is 2. The van der Waals surface area contributed by atoms with E-state index >= 15 is 0 Å². The standard InChI is InChI=1S/C29H30N4O2/c1-20-4-8-22(9-5-20)26-27(29(35)33(28(26)34)25-12-6-21(2)7-13-25)30-23-10-14-24(15-11-23)32-18-16-31(3)17-19-32/h4-15,30H,16-19H2,1-3H3. The molecule has 2 heterocycles. The molecule has 178 valence electrons. The van der Waals surface area contributed by atoms with Crippen LogP contribution in [0.15, 0.2) is 78.5 Å². The number of carbonyl (C=O) groups is 2. The molecule has 0 spiro atoms. The van der Waals surface area contributed by atoms with Crippen molar-refractivity contribution < 1.29 is 9.59 Å². The highest BCUT2D eigenvalue weighted by molar-refractivity contribution is 6.46. The third kappa shape index (κ3) is 4.57.